The van der Waals surface area contributed by atoms with Crippen LogP contribution in [-0.4, -0.2) is 21.0 Å². The van der Waals surface area contributed by atoms with Crippen LogP contribution in [0, 0.1) is 0 Å². The van der Waals surface area contributed by atoms with E-state index in [0.29, 0.717) is 10.9 Å². The summed E-state index contributed by atoms with van der Waals surface area (Å²) in [6.45, 7) is 0. The summed E-state index contributed by atoms with van der Waals surface area (Å²) >= 11 is 1.35. The van der Waals surface area contributed by atoms with Crippen LogP contribution in [0.4, 0.5) is 0 Å². The predicted molar refractivity (Wildman–Crippen MR) is 67.8 cm³/mol. The zero-order valence-electron chi connectivity index (χ0n) is 9.29. The highest BCUT2D eigenvalue weighted by atomic mass is 32.2. The average Bonchev–Trinajstić information content (AvgIpc) is 2.37. The monoisotopic (exact) mass is 262 g/mol. The van der Waals surface area contributed by atoms with Crippen LogP contribution in [0.3, 0.4) is 0 Å². The number of carboxylic acid groups (broad SMARTS) is 1. The SMILES string of the molecule is O=C(O)c1cccc(CSc2nccc(=O)[nH]2)c1. The molecule has 2 aromatic rings. The van der Waals surface area contributed by atoms with E-state index in [1.54, 1.807) is 18.2 Å². The first-order chi connectivity index (χ1) is 8.65. The third-order valence-electron chi connectivity index (χ3n) is 2.20. The predicted octanol–water partition coefficient (Wildman–Crippen LogP) is 1.76. The van der Waals surface area contributed by atoms with Crippen LogP contribution < -0.4 is 5.56 Å². The lowest BCUT2D eigenvalue weighted by molar-refractivity contribution is 0.0697. The van der Waals surface area contributed by atoms with Crippen LogP contribution in [0.1, 0.15) is 15.9 Å². The molecule has 5 nitrogen and oxygen atoms in total. The second-order valence-corrected chi connectivity index (χ2v) is 4.50. The van der Waals surface area contributed by atoms with Gasteiger partial charge in [-0.15, -0.1) is 0 Å². The summed E-state index contributed by atoms with van der Waals surface area (Å²) in [5, 5.41) is 9.38. The number of aromatic nitrogens is 2. The van der Waals surface area contributed by atoms with E-state index >= 15 is 0 Å². The summed E-state index contributed by atoms with van der Waals surface area (Å²) in [6.07, 6.45) is 1.44. The number of hydrogen-bond donors (Lipinski definition) is 2. The molecule has 0 unspecified atom stereocenters. The van der Waals surface area contributed by atoms with Gasteiger partial charge in [-0.1, -0.05) is 23.9 Å². The first-order valence-corrected chi connectivity index (χ1v) is 6.14. The molecular formula is C12H10N2O3S. The molecule has 1 aromatic carbocycles. The fraction of sp³-hybridized carbons (Fsp3) is 0.0833. The molecule has 0 aliphatic rings. The van der Waals surface area contributed by atoms with Gasteiger partial charge in [0.1, 0.15) is 0 Å². The van der Waals surface area contributed by atoms with Crippen molar-refractivity contribution in [2.45, 2.75) is 10.9 Å². The Balaban J connectivity index is 2.08. The number of hydrogen-bond acceptors (Lipinski definition) is 4. The number of H-pyrrole nitrogens is 1. The van der Waals surface area contributed by atoms with Crippen LogP contribution in [0.5, 0.6) is 0 Å². The Hall–Kier alpha value is -2.08. The van der Waals surface area contributed by atoms with Gasteiger partial charge in [-0.25, -0.2) is 9.78 Å². The van der Waals surface area contributed by atoms with E-state index in [9.17, 15) is 9.59 Å². The van der Waals surface area contributed by atoms with Crippen LogP contribution in [0.2, 0.25) is 0 Å². The molecule has 0 fully saturated rings. The Bertz CT molecular complexity index is 624. The van der Waals surface area contributed by atoms with Crippen molar-refractivity contribution < 1.29 is 9.90 Å². The van der Waals surface area contributed by atoms with Gasteiger partial charge in [-0.05, 0) is 17.7 Å². The molecule has 0 aliphatic heterocycles. The van der Waals surface area contributed by atoms with Crippen LogP contribution in [0.15, 0.2) is 46.5 Å². The molecule has 1 heterocycles. The molecule has 2 N–H and O–H groups in total. The largest absolute Gasteiger partial charge is 0.478 e. The van der Waals surface area contributed by atoms with Gasteiger partial charge in [-0.2, -0.15) is 0 Å². The molecule has 6 heteroatoms. The maximum atomic E-state index is 11.1. The number of aromatic amines is 1. The van der Waals surface area contributed by atoms with E-state index < -0.39 is 5.97 Å². The third kappa shape index (κ3) is 3.21. The summed E-state index contributed by atoms with van der Waals surface area (Å²) in [6, 6.07) is 8.02. The molecule has 0 spiro atoms. The molecule has 0 saturated heterocycles. The highest BCUT2D eigenvalue weighted by Gasteiger charge is 2.04. The zero-order valence-corrected chi connectivity index (χ0v) is 10.1. The van der Waals surface area contributed by atoms with E-state index in [-0.39, 0.29) is 11.1 Å². The van der Waals surface area contributed by atoms with Gasteiger partial charge in [0.15, 0.2) is 5.16 Å². The average molecular weight is 262 g/mol. The Morgan fingerprint density at radius 3 is 2.94 bits per heavy atom. The number of rotatable bonds is 4. The van der Waals surface area contributed by atoms with Gasteiger partial charge < -0.3 is 10.1 Å². The van der Waals surface area contributed by atoms with Crippen molar-refractivity contribution in [2.24, 2.45) is 0 Å². The van der Waals surface area contributed by atoms with Gasteiger partial charge in [0.2, 0.25) is 0 Å². The second kappa shape index (κ2) is 5.50. The number of carbonyl (C=O) groups is 1. The Labute approximate surface area is 107 Å². The number of nitrogens with one attached hydrogen (secondary N) is 1. The van der Waals surface area contributed by atoms with Crippen molar-refractivity contribution in [3.63, 3.8) is 0 Å². The molecule has 0 saturated carbocycles. The van der Waals surface area contributed by atoms with E-state index in [2.05, 4.69) is 9.97 Å². The molecule has 2 rings (SSSR count). The zero-order chi connectivity index (χ0) is 13.0. The minimum atomic E-state index is -0.951. The van der Waals surface area contributed by atoms with Crippen molar-refractivity contribution in [1.82, 2.24) is 9.97 Å². The number of carboxylic acids is 1. The normalized spacial score (nSPS) is 10.2. The first kappa shape index (κ1) is 12.4. The summed E-state index contributed by atoms with van der Waals surface area (Å²) in [7, 11) is 0. The summed E-state index contributed by atoms with van der Waals surface area (Å²) in [5.74, 6) is -0.401. The minimum Gasteiger partial charge on any atom is -0.478 e. The van der Waals surface area contributed by atoms with Gasteiger partial charge in [0.05, 0.1) is 5.56 Å². The fourth-order valence-electron chi connectivity index (χ4n) is 1.37. The standard InChI is InChI=1S/C12H10N2O3S/c15-10-4-5-13-12(14-10)18-7-8-2-1-3-9(6-8)11(16)17/h1-6H,7H2,(H,16,17)(H,13,14,15). The van der Waals surface area contributed by atoms with E-state index in [4.69, 9.17) is 5.11 Å². The topological polar surface area (TPSA) is 83.0 Å². The molecule has 18 heavy (non-hydrogen) atoms. The lowest BCUT2D eigenvalue weighted by Crippen LogP contribution is -2.05. The first-order valence-electron chi connectivity index (χ1n) is 5.15. The molecule has 0 amide bonds. The summed E-state index contributed by atoms with van der Waals surface area (Å²) in [5.41, 5.74) is 0.917. The summed E-state index contributed by atoms with van der Waals surface area (Å²) in [4.78, 5) is 28.5. The third-order valence-corrected chi connectivity index (χ3v) is 3.16. The Morgan fingerprint density at radius 2 is 2.22 bits per heavy atom. The quantitative estimate of drug-likeness (QED) is 0.648. The van der Waals surface area contributed by atoms with Gasteiger partial charge >= 0.3 is 5.97 Å². The van der Waals surface area contributed by atoms with E-state index in [0.717, 1.165) is 5.56 Å². The smallest absolute Gasteiger partial charge is 0.335 e. The molecule has 1 aromatic heterocycles. The Kier molecular flexibility index (Phi) is 3.78. The maximum Gasteiger partial charge on any atom is 0.335 e. The van der Waals surface area contributed by atoms with Crippen molar-refractivity contribution in [2.75, 3.05) is 0 Å². The number of nitrogens with zero attached hydrogens (tertiary/aromatic N) is 1. The highest BCUT2D eigenvalue weighted by molar-refractivity contribution is 7.98. The van der Waals surface area contributed by atoms with Crippen LogP contribution >= 0.6 is 11.8 Å². The number of thioether (sulfide) groups is 1. The van der Waals surface area contributed by atoms with Crippen LogP contribution in [0.25, 0.3) is 0 Å². The lowest BCUT2D eigenvalue weighted by Gasteiger charge is -2.02. The molecule has 92 valence electrons. The minimum absolute atomic E-state index is 0.202. The van der Waals surface area contributed by atoms with Crippen LogP contribution in [-0.2, 0) is 5.75 Å². The molecular weight excluding hydrogens is 252 g/mol. The summed E-state index contributed by atoms with van der Waals surface area (Å²) < 4.78 is 0. The van der Waals surface area contributed by atoms with Crippen molar-refractivity contribution in [1.29, 1.82) is 0 Å². The van der Waals surface area contributed by atoms with Gasteiger partial charge in [-0.3, -0.25) is 4.79 Å². The number of aromatic carboxylic acids is 1. The molecule has 0 bridgehead atoms. The van der Waals surface area contributed by atoms with Crippen molar-refractivity contribution >= 4 is 17.7 Å². The number of benzene rings is 1. The molecule has 0 atom stereocenters. The van der Waals surface area contributed by atoms with E-state index in [1.807, 2.05) is 6.07 Å². The fourth-order valence-corrected chi connectivity index (χ4v) is 2.16. The van der Waals surface area contributed by atoms with Gasteiger partial charge in [0.25, 0.3) is 5.56 Å². The highest BCUT2D eigenvalue weighted by Crippen LogP contribution is 2.18. The van der Waals surface area contributed by atoms with E-state index in [1.165, 1.54) is 24.0 Å². The molecule has 0 radical (unpaired) electrons. The van der Waals surface area contributed by atoms with Gasteiger partial charge in [0, 0.05) is 18.0 Å². The molecule has 0 aliphatic carbocycles. The lowest BCUT2D eigenvalue weighted by atomic mass is 10.1. The Morgan fingerprint density at radius 1 is 1.39 bits per heavy atom. The van der Waals surface area contributed by atoms with Crippen molar-refractivity contribution in [3.05, 3.63) is 58.0 Å². The maximum absolute atomic E-state index is 11.1. The van der Waals surface area contributed by atoms with Crippen molar-refractivity contribution in [3.8, 4) is 0 Å². The second-order valence-electron chi connectivity index (χ2n) is 3.53.